The minimum atomic E-state index is -1.98. The van der Waals surface area contributed by atoms with E-state index in [9.17, 15) is 24.2 Å². The molecule has 3 fully saturated rings. The maximum atomic E-state index is 17.4. The fourth-order valence-electron chi connectivity index (χ4n) is 8.41. The van der Waals surface area contributed by atoms with Crippen molar-refractivity contribution in [1.82, 2.24) is 4.98 Å². The first-order valence-electron chi connectivity index (χ1n) is 13.4. The quantitative estimate of drug-likeness (QED) is 0.476. The minimum Gasteiger partial charge on any atom is -0.390 e. The highest BCUT2D eigenvalue weighted by molar-refractivity contribution is 7.14. The minimum absolute atomic E-state index is 0.0185. The summed E-state index contributed by atoms with van der Waals surface area (Å²) in [5, 5.41) is 28.5. The number of thiazole rings is 1. The topological polar surface area (TPSA) is 99.5 Å². The van der Waals surface area contributed by atoms with E-state index in [1.165, 1.54) is 30.4 Å². The van der Waals surface area contributed by atoms with Crippen LogP contribution in [0.3, 0.4) is 0 Å². The summed E-state index contributed by atoms with van der Waals surface area (Å²) in [6.45, 7) is 5.60. The Hall–Kier alpha value is -2.75. The van der Waals surface area contributed by atoms with E-state index in [1.807, 2.05) is 13.8 Å². The molecular weight excluding hydrogens is 522 g/mol. The van der Waals surface area contributed by atoms with Crippen LogP contribution in [0.1, 0.15) is 62.5 Å². The van der Waals surface area contributed by atoms with Crippen LogP contribution in [-0.4, -0.2) is 38.7 Å². The summed E-state index contributed by atoms with van der Waals surface area (Å²) in [6, 6.07) is 5.66. The van der Waals surface area contributed by atoms with Gasteiger partial charge < -0.3 is 10.2 Å². The fraction of sp³-hybridized carbons (Fsp3) is 0.500. The molecule has 9 heteroatoms. The summed E-state index contributed by atoms with van der Waals surface area (Å²) in [4.78, 5) is 29.3. The molecule has 4 aliphatic carbocycles. The number of carbonyl (C=O) groups is 2. The zero-order valence-corrected chi connectivity index (χ0v) is 22.9. The fourth-order valence-corrected chi connectivity index (χ4v) is 9.17. The molecule has 1 heterocycles. The van der Waals surface area contributed by atoms with E-state index in [2.05, 4.69) is 10.3 Å². The Labute approximate surface area is 229 Å². The molecule has 0 aliphatic heterocycles. The maximum Gasteiger partial charge on any atom is 0.260 e. The molecular formula is C30H32F2N2O4S. The molecule has 0 radical (unpaired) electrons. The van der Waals surface area contributed by atoms with Gasteiger partial charge in [0.1, 0.15) is 11.4 Å². The zero-order valence-electron chi connectivity index (χ0n) is 22.1. The van der Waals surface area contributed by atoms with Gasteiger partial charge in [-0.25, -0.2) is 13.8 Å². The number of benzene rings is 1. The number of allylic oxidation sites excluding steroid dienone is 4. The number of ketones is 1. The van der Waals surface area contributed by atoms with Crippen LogP contribution in [0, 0.1) is 34.4 Å². The van der Waals surface area contributed by atoms with E-state index in [1.54, 1.807) is 24.4 Å². The maximum absolute atomic E-state index is 17.4. The number of hydrogen-bond donors (Lipinski definition) is 3. The Bertz CT molecular complexity index is 1440. The van der Waals surface area contributed by atoms with Gasteiger partial charge in [-0.3, -0.25) is 14.9 Å². The van der Waals surface area contributed by atoms with Crippen LogP contribution in [0.4, 0.5) is 13.9 Å². The molecule has 2 aromatic rings. The van der Waals surface area contributed by atoms with Crippen LogP contribution in [0.5, 0.6) is 0 Å². The first-order valence-corrected chi connectivity index (χ1v) is 14.3. The highest BCUT2D eigenvalue weighted by Gasteiger charge is 2.74. The van der Waals surface area contributed by atoms with Crippen molar-refractivity contribution in [2.45, 2.75) is 63.8 Å². The van der Waals surface area contributed by atoms with Gasteiger partial charge in [0.05, 0.1) is 17.4 Å². The number of carbonyl (C=O) groups excluding carboxylic acids is 2. The Kier molecular flexibility index (Phi) is 5.85. The van der Waals surface area contributed by atoms with E-state index in [4.69, 9.17) is 0 Å². The first kappa shape index (κ1) is 26.5. The van der Waals surface area contributed by atoms with Gasteiger partial charge >= 0.3 is 0 Å². The molecule has 6 nitrogen and oxygen atoms in total. The molecule has 3 N–H and O–H groups in total. The number of aliphatic hydroxyl groups excluding tert-OH is 1. The van der Waals surface area contributed by atoms with E-state index in [-0.39, 0.29) is 34.7 Å². The number of anilines is 1. The van der Waals surface area contributed by atoms with Gasteiger partial charge in [-0.1, -0.05) is 37.6 Å². The van der Waals surface area contributed by atoms with E-state index in [0.717, 1.165) is 11.3 Å². The summed E-state index contributed by atoms with van der Waals surface area (Å²) in [5.74, 6) is -2.52. The summed E-state index contributed by atoms with van der Waals surface area (Å²) < 4.78 is 31.5. The first-order chi connectivity index (χ1) is 18.4. The summed E-state index contributed by atoms with van der Waals surface area (Å²) >= 11 is 1.13. The third-order valence-electron chi connectivity index (χ3n) is 10.5. The van der Waals surface area contributed by atoms with Crippen LogP contribution < -0.4 is 5.32 Å². The Morgan fingerprint density at radius 3 is 2.72 bits per heavy atom. The Morgan fingerprint density at radius 1 is 1.23 bits per heavy atom. The third kappa shape index (κ3) is 3.39. The van der Waals surface area contributed by atoms with Crippen molar-refractivity contribution in [3.63, 3.8) is 0 Å². The molecule has 0 spiro atoms. The smallest absolute Gasteiger partial charge is 0.260 e. The number of rotatable bonds is 3. The second-order valence-corrected chi connectivity index (χ2v) is 13.0. The van der Waals surface area contributed by atoms with Crippen LogP contribution >= 0.6 is 11.3 Å². The largest absolute Gasteiger partial charge is 0.390 e. The monoisotopic (exact) mass is 554 g/mol. The van der Waals surface area contributed by atoms with Crippen LogP contribution in [0.15, 0.2) is 53.4 Å². The molecule has 0 saturated heterocycles. The van der Waals surface area contributed by atoms with Gasteiger partial charge in [-0.2, -0.15) is 0 Å². The van der Waals surface area contributed by atoms with Crippen molar-refractivity contribution >= 4 is 28.2 Å². The molecule has 206 valence electrons. The second-order valence-electron chi connectivity index (χ2n) is 12.1. The van der Waals surface area contributed by atoms with Gasteiger partial charge in [-0.05, 0) is 68.7 Å². The van der Waals surface area contributed by atoms with Crippen molar-refractivity contribution < 1.29 is 28.6 Å². The van der Waals surface area contributed by atoms with Crippen LogP contribution in [0.25, 0.3) is 0 Å². The lowest BCUT2D eigenvalue weighted by molar-refractivity contribution is -0.223. The SMILES string of the molecule is C[C@@H]1C[C@H]2[C@@H]3CCC4=CC(=O)C=C[C@]4(C)[C@@]3(F)[C@@H](O)C[C@]2(C)[C@@]1(O)c1csc(NC(=O)c2ccccc2F)n1. The number of aliphatic hydroxyl groups is 2. The van der Waals surface area contributed by atoms with E-state index < -0.39 is 45.8 Å². The molecule has 0 unspecified atom stereocenters. The molecule has 0 bridgehead atoms. The molecule has 8 atom stereocenters. The highest BCUT2D eigenvalue weighted by Crippen LogP contribution is 2.72. The lowest BCUT2D eigenvalue weighted by Gasteiger charge is -2.62. The third-order valence-corrected chi connectivity index (χ3v) is 11.2. The number of nitrogens with one attached hydrogen (secondary N) is 1. The van der Waals surface area contributed by atoms with E-state index >= 15 is 4.39 Å². The van der Waals surface area contributed by atoms with Gasteiger partial charge in [0, 0.05) is 22.1 Å². The van der Waals surface area contributed by atoms with Crippen LogP contribution in [0.2, 0.25) is 0 Å². The lowest BCUT2D eigenvalue weighted by atomic mass is 9.44. The standard InChI is InChI=1S/C30H32F2N2O4S/c1-16-12-21-20-9-8-17-13-18(35)10-11-27(17,2)29(20,32)24(36)14-28(21,3)30(16,38)23-15-39-26(33-23)34-25(37)19-6-4-5-7-22(19)31/h4-7,10-11,13,15-16,20-21,24,36,38H,8-9,12,14H2,1-3H3,(H,33,34,37)/t16-,20+,21+,24+,27+,28+,29+,30+/m1/s1. The predicted octanol–water partition coefficient (Wildman–Crippen LogP) is 5.34. The molecule has 3 saturated carbocycles. The molecule has 39 heavy (non-hydrogen) atoms. The van der Waals surface area contributed by atoms with E-state index in [0.29, 0.717) is 30.5 Å². The number of amides is 1. The number of hydrogen-bond acceptors (Lipinski definition) is 6. The van der Waals surface area contributed by atoms with Gasteiger partial charge in [-0.15, -0.1) is 11.3 Å². The Morgan fingerprint density at radius 2 is 1.97 bits per heavy atom. The average molecular weight is 555 g/mol. The van der Waals surface area contributed by atoms with Gasteiger partial charge in [0.2, 0.25) is 0 Å². The van der Waals surface area contributed by atoms with Crippen molar-refractivity contribution in [2.24, 2.45) is 28.6 Å². The van der Waals surface area contributed by atoms with Crippen molar-refractivity contribution in [3.8, 4) is 0 Å². The van der Waals surface area contributed by atoms with Gasteiger partial charge in [0.15, 0.2) is 16.6 Å². The predicted molar refractivity (Wildman–Crippen MR) is 143 cm³/mol. The molecule has 4 aliphatic rings. The van der Waals surface area contributed by atoms with Crippen molar-refractivity contribution in [1.29, 1.82) is 0 Å². The Balaban J connectivity index is 1.34. The van der Waals surface area contributed by atoms with Crippen LogP contribution in [-0.2, 0) is 10.4 Å². The van der Waals surface area contributed by atoms with Crippen molar-refractivity contribution in [2.75, 3.05) is 5.32 Å². The van der Waals surface area contributed by atoms with Gasteiger partial charge in [0.25, 0.3) is 5.91 Å². The summed E-state index contributed by atoms with van der Waals surface area (Å²) in [6.07, 6.45) is 4.75. The number of aromatic nitrogens is 1. The summed E-state index contributed by atoms with van der Waals surface area (Å²) in [5.41, 5.74) is -4.48. The second kappa shape index (κ2) is 8.62. The number of nitrogens with zero attached hydrogens (tertiary/aromatic N) is 1. The average Bonchev–Trinajstić information content (AvgIpc) is 3.43. The number of halogens is 2. The number of alkyl halides is 1. The molecule has 1 amide bonds. The number of fused-ring (bicyclic) bond motifs is 5. The summed E-state index contributed by atoms with van der Waals surface area (Å²) in [7, 11) is 0. The zero-order chi connectivity index (χ0) is 28.0. The molecule has 1 aromatic heterocycles. The highest BCUT2D eigenvalue weighted by atomic mass is 32.1. The normalized spacial score (nSPS) is 40.9. The lowest BCUT2D eigenvalue weighted by Crippen LogP contribution is -2.68. The molecule has 1 aromatic carbocycles. The molecule has 6 rings (SSSR count). The van der Waals surface area contributed by atoms with Crippen molar-refractivity contribution in [3.05, 3.63) is 70.5 Å².